The second kappa shape index (κ2) is 9.33. The van der Waals surface area contributed by atoms with Crippen LogP contribution in [0.2, 0.25) is 5.02 Å². The van der Waals surface area contributed by atoms with Gasteiger partial charge in [-0.3, -0.25) is 15.1 Å². The number of fused-ring (bicyclic) bond motifs is 1. The summed E-state index contributed by atoms with van der Waals surface area (Å²) in [7, 11) is 0. The standard InChI is InChI=1S/C23H20ClN5O2S/c1-13-6-5-7-16(24)20(13)28-21(30)15-9-10-18-19(12-15)32-23(27-18)29-22(31)26-14(2)17-8-3-4-11-25-17/h3-12,14H,1-2H3,(H,28,30)(H2,26,27,29,31). The summed E-state index contributed by atoms with van der Waals surface area (Å²) in [6.45, 7) is 3.73. The molecule has 0 spiro atoms. The molecule has 0 saturated carbocycles. The number of carbonyl (C=O) groups is 2. The highest BCUT2D eigenvalue weighted by atomic mass is 35.5. The molecule has 1 unspecified atom stereocenters. The number of pyridine rings is 1. The van der Waals surface area contributed by atoms with Gasteiger partial charge in [-0.15, -0.1) is 0 Å². The van der Waals surface area contributed by atoms with Crippen LogP contribution in [0.1, 0.15) is 34.6 Å². The molecule has 1 atom stereocenters. The molecule has 2 heterocycles. The van der Waals surface area contributed by atoms with Crippen LogP contribution >= 0.6 is 22.9 Å². The maximum Gasteiger partial charge on any atom is 0.321 e. The Kier molecular flexibility index (Phi) is 6.34. The van der Waals surface area contributed by atoms with Crippen LogP contribution in [0.15, 0.2) is 60.8 Å². The Labute approximate surface area is 193 Å². The molecule has 2 aromatic carbocycles. The summed E-state index contributed by atoms with van der Waals surface area (Å²) in [5.41, 5.74) is 3.39. The van der Waals surface area contributed by atoms with Crippen molar-refractivity contribution in [3.63, 3.8) is 0 Å². The average Bonchev–Trinajstić information content (AvgIpc) is 3.18. The number of amides is 3. The molecule has 9 heteroatoms. The van der Waals surface area contributed by atoms with Gasteiger partial charge in [-0.2, -0.15) is 0 Å². The van der Waals surface area contributed by atoms with Gasteiger partial charge in [-0.05, 0) is 55.8 Å². The van der Waals surface area contributed by atoms with Crippen LogP contribution in [0.4, 0.5) is 15.6 Å². The molecule has 2 aromatic heterocycles. The van der Waals surface area contributed by atoms with Gasteiger partial charge in [-0.1, -0.05) is 41.1 Å². The van der Waals surface area contributed by atoms with Gasteiger partial charge in [0.15, 0.2) is 5.13 Å². The largest absolute Gasteiger partial charge is 0.330 e. The zero-order valence-electron chi connectivity index (χ0n) is 17.3. The van der Waals surface area contributed by atoms with Crippen LogP contribution in [0.25, 0.3) is 10.2 Å². The van der Waals surface area contributed by atoms with Gasteiger partial charge in [0.25, 0.3) is 5.91 Å². The van der Waals surface area contributed by atoms with Crippen LogP contribution in [0.3, 0.4) is 0 Å². The number of rotatable bonds is 5. The summed E-state index contributed by atoms with van der Waals surface area (Å²) < 4.78 is 0.779. The minimum absolute atomic E-state index is 0.255. The van der Waals surface area contributed by atoms with Gasteiger partial charge in [0.2, 0.25) is 0 Å². The number of para-hydroxylation sites is 1. The first-order chi connectivity index (χ1) is 15.4. The van der Waals surface area contributed by atoms with Gasteiger partial charge in [0.05, 0.1) is 32.7 Å². The quantitative estimate of drug-likeness (QED) is 0.347. The number of halogens is 1. The Morgan fingerprint density at radius 2 is 1.91 bits per heavy atom. The maximum atomic E-state index is 12.7. The number of carbonyl (C=O) groups excluding carboxylic acids is 2. The molecule has 0 aliphatic heterocycles. The number of thiazole rings is 1. The first-order valence-electron chi connectivity index (χ1n) is 9.86. The lowest BCUT2D eigenvalue weighted by Crippen LogP contribution is -2.31. The number of aryl methyl sites for hydroxylation is 1. The van der Waals surface area contributed by atoms with Crippen LogP contribution in [0, 0.1) is 6.92 Å². The molecule has 162 valence electrons. The fraction of sp³-hybridized carbons (Fsp3) is 0.130. The van der Waals surface area contributed by atoms with E-state index in [2.05, 4.69) is 25.9 Å². The molecule has 4 rings (SSSR count). The highest BCUT2D eigenvalue weighted by Gasteiger charge is 2.15. The van der Waals surface area contributed by atoms with Crippen molar-refractivity contribution in [3.8, 4) is 0 Å². The Morgan fingerprint density at radius 1 is 1.06 bits per heavy atom. The van der Waals surface area contributed by atoms with Gasteiger partial charge in [0, 0.05) is 11.8 Å². The molecule has 32 heavy (non-hydrogen) atoms. The van der Waals surface area contributed by atoms with E-state index in [0.717, 1.165) is 16.0 Å². The number of hydrogen-bond acceptors (Lipinski definition) is 5. The molecule has 7 nitrogen and oxygen atoms in total. The fourth-order valence-electron chi connectivity index (χ4n) is 3.13. The van der Waals surface area contributed by atoms with Gasteiger partial charge in [-0.25, -0.2) is 9.78 Å². The molecule has 0 saturated heterocycles. The Balaban J connectivity index is 1.45. The number of aromatic nitrogens is 2. The molecule has 4 aromatic rings. The van der Waals surface area contributed by atoms with E-state index in [-0.39, 0.29) is 18.0 Å². The van der Waals surface area contributed by atoms with Crippen molar-refractivity contribution >= 4 is 55.9 Å². The van der Waals surface area contributed by atoms with Crippen LogP contribution in [0.5, 0.6) is 0 Å². The Bertz CT molecular complexity index is 1270. The molecule has 0 aliphatic rings. The average molecular weight is 466 g/mol. The lowest BCUT2D eigenvalue weighted by atomic mass is 10.1. The maximum absolute atomic E-state index is 12.7. The summed E-state index contributed by atoms with van der Waals surface area (Å²) in [5, 5.41) is 9.36. The van der Waals surface area contributed by atoms with Crippen molar-refractivity contribution in [2.24, 2.45) is 0 Å². The summed E-state index contributed by atoms with van der Waals surface area (Å²) in [6.07, 6.45) is 1.68. The Hall–Kier alpha value is -3.49. The van der Waals surface area contributed by atoms with Crippen molar-refractivity contribution in [2.75, 3.05) is 10.6 Å². The monoisotopic (exact) mass is 465 g/mol. The van der Waals surface area contributed by atoms with Crippen molar-refractivity contribution in [2.45, 2.75) is 19.9 Å². The Morgan fingerprint density at radius 3 is 2.66 bits per heavy atom. The normalized spacial score (nSPS) is 11.7. The first-order valence-corrected chi connectivity index (χ1v) is 11.1. The highest BCUT2D eigenvalue weighted by molar-refractivity contribution is 7.22. The number of hydrogen-bond donors (Lipinski definition) is 3. The van der Waals surface area contributed by atoms with E-state index in [4.69, 9.17) is 11.6 Å². The second-order valence-electron chi connectivity index (χ2n) is 7.16. The lowest BCUT2D eigenvalue weighted by Gasteiger charge is -2.12. The third kappa shape index (κ3) is 4.87. The molecule has 0 aliphatic carbocycles. The van der Waals surface area contributed by atoms with Gasteiger partial charge in [0.1, 0.15) is 0 Å². The third-order valence-electron chi connectivity index (χ3n) is 4.81. The predicted molar refractivity (Wildman–Crippen MR) is 129 cm³/mol. The van der Waals surface area contributed by atoms with E-state index in [1.54, 1.807) is 30.5 Å². The zero-order valence-corrected chi connectivity index (χ0v) is 18.9. The topological polar surface area (TPSA) is 96.0 Å². The van der Waals surface area contributed by atoms with Gasteiger partial charge < -0.3 is 10.6 Å². The summed E-state index contributed by atoms with van der Waals surface area (Å²) in [4.78, 5) is 33.7. The lowest BCUT2D eigenvalue weighted by molar-refractivity contribution is 0.102. The summed E-state index contributed by atoms with van der Waals surface area (Å²) in [5.74, 6) is -0.270. The zero-order chi connectivity index (χ0) is 22.7. The van der Waals surface area contributed by atoms with E-state index in [9.17, 15) is 9.59 Å². The summed E-state index contributed by atoms with van der Waals surface area (Å²) in [6, 6.07) is 15.5. The van der Waals surface area contributed by atoms with Crippen molar-refractivity contribution in [1.82, 2.24) is 15.3 Å². The number of benzene rings is 2. The minimum Gasteiger partial charge on any atom is -0.330 e. The molecule has 0 radical (unpaired) electrons. The number of nitrogens with one attached hydrogen (secondary N) is 3. The van der Waals surface area contributed by atoms with E-state index in [0.29, 0.717) is 26.9 Å². The molecule has 3 amide bonds. The summed E-state index contributed by atoms with van der Waals surface area (Å²) >= 11 is 7.50. The first kappa shape index (κ1) is 21.7. The second-order valence-corrected chi connectivity index (χ2v) is 8.60. The van der Waals surface area contributed by atoms with E-state index >= 15 is 0 Å². The van der Waals surface area contributed by atoms with Crippen molar-refractivity contribution < 1.29 is 9.59 Å². The van der Waals surface area contributed by atoms with Gasteiger partial charge >= 0.3 is 6.03 Å². The van der Waals surface area contributed by atoms with Crippen LogP contribution < -0.4 is 16.0 Å². The molecule has 0 fully saturated rings. The fourth-order valence-corrected chi connectivity index (χ4v) is 4.30. The smallest absolute Gasteiger partial charge is 0.321 e. The van der Waals surface area contributed by atoms with E-state index < -0.39 is 0 Å². The van der Waals surface area contributed by atoms with Crippen molar-refractivity contribution in [1.29, 1.82) is 0 Å². The van der Waals surface area contributed by atoms with Crippen LogP contribution in [-0.2, 0) is 0 Å². The van der Waals surface area contributed by atoms with Crippen LogP contribution in [-0.4, -0.2) is 21.9 Å². The molecule has 0 bridgehead atoms. The van der Waals surface area contributed by atoms with Crippen molar-refractivity contribution in [3.05, 3.63) is 82.6 Å². The highest BCUT2D eigenvalue weighted by Crippen LogP contribution is 2.29. The third-order valence-corrected chi connectivity index (χ3v) is 6.06. The van der Waals surface area contributed by atoms with E-state index in [1.165, 1.54) is 11.3 Å². The SMILES string of the molecule is Cc1cccc(Cl)c1NC(=O)c1ccc2nc(NC(=O)NC(C)c3ccccn3)sc2c1. The number of urea groups is 1. The molecular formula is C23H20ClN5O2S. The number of anilines is 2. The molecular weight excluding hydrogens is 446 g/mol. The molecule has 3 N–H and O–H groups in total. The predicted octanol–water partition coefficient (Wildman–Crippen LogP) is 5.79. The number of nitrogens with zero attached hydrogens (tertiary/aromatic N) is 2. The van der Waals surface area contributed by atoms with E-state index in [1.807, 2.05) is 44.2 Å². The minimum atomic E-state index is -0.380.